The first kappa shape index (κ1) is 15.5. The van der Waals surface area contributed by atoms with Crippen LogP contribution in [0.4, 0.5) is 0 Å². The number of hydrogen-bond acceptors (Lipinski definition) is 5. The molecule has 0 bridgehead atoms. The highest BCUT2D eigenvalue weighted by Gasteiger charge is 2.21. The summed E-state index contributed by atoms with van der Waals surface area (Å²) in [7, 11) is 0. The van der Waals surface area contributed by atoms with Gasteiger partial charge in [0.15, 0.2) is 4.77 Å². The smallest absolute Gasteiger partial charge is 0.263 e. The van der Waals surface area contributed by atoms with Crippen molar-refractivity contribution in [1.29, 1.82) is 0 Å². The number of H-pyrrole nitrogens is 1. The third-order valence-corrected chi connectivity index (χ3v) is 6.34. The SMILES string of the molecule is O=c1c2c3c(sc2[nH]c(=S)n1CCCN1CCOCC1)CCC3. The number of nitrogens with one attached hydrogen (secondary N) is 1. The van der Waals surface area contributed by atoms with Crippen LogP contribution in [0.25, 0.3) is 10.2 Å². The lowest BCUT2D eigenvalue weighted by Crippen LogP contribution is -2.37. The molecule has 0 saturated carbocycles. The van der Waals surface area contributed by atoms with Crippen LogP contribution in [-0.2, 0) is 24.1 Å². The molecule has 2 aromatic rings. The second-order valence-electron chi connectivity index (χ2n) is 6.26. The Kier molecular flexibility index (Phi) is 4.36. The highest BCUT2D eigenvalue weighted by atomic mass is 32.1. The summed E-state index contributed by atoms with van der Waals surface area (Å²) < 4.78 is 7.68. The van der Waals surface area contributed by atoms with Crippen molar-refractivity contribution >= 4 is 33.8 Å². The quantitative estimate of drug-likeness (QED) is 0.859. The molecule has 1 N–H and O–H groups in total. The van der Waals surface area contributed by atoms with Crippen molar-refractivity contribution in [3.63, 3.8) is 0 Å². The van der Waals surface area contributed by atoms with E-state index in [1.807, 2.05) is 0 Å². The summed E-state index contributed by atoms with van der Waals surface area (Å²) in [5.41, 5.74) is 1.37. The van der Waals surface area contributed by atoms with E-state index >= 15 is 0 Å². The highest BCUT2D eigenvalue weighted by molar-refractivity contribution is 7.71. The van der Waals surface area contributed by atoms with E-state index in [4.69, 9.17) is 17.0 Å². The molecule has 1 saturated heterocycles. The molecule has 0 radical (unpaired) electrons. The van der Waals surface area contributed by atoms with E-state index in [0.29, 0.717) is 11.3 Å². The lowest BCUT2D eigenvalue weighted by molar-refractivity contribution is 0.0369. The summed E-state index contributed by atoms with van der Waals surface area (Å²) in [4.78, 5) is 20.9. The van der Waals surface area contributed by atoms with Crippen molar-refractivity contribution in [2.45, 2.75) is 32.2 Å². The fourth-order valence-corrected chi connectivity index (χ4v) is 5.21. The molecule has 3 heterocycles. The topological polar surface area (TPSA) is 50.3 Å². The monoisotopic (exact) mass is 351 g/mol. The molecule has 1 aliphatic carbocycles. The number of nitrogens with zero attached hydrogens (tertiary/aromatic N) is 2. The molecular weight excluding hydrogens is 330 g/mol. The van der Waals surface area contributed by atoms with Crippen LogP contribution < -0.4 is 5.56 Å². The second-order valence-corrected chi connectivity index (χ2v) is 7.75. The fraction of sp³-hybridized carbons (Fsp3) is 0.625. The molecule has 4 rings (SSSR count). The van der Waals surface area contributed by atoms with Crippen LogP contribution in [0.5, 0.6) is 0 Å². The van der Waals surface area contributed by atoms with Gasteiger partial charge in [-0.25, -0.2) is 0 Å². The molecule has 23 heavy (non-hydrogen) atoms. The van der Waals surface area contributed by atoms with E-state index in [1.165, 1.54) is 16.9 Å². The maximum atomic E-state index is 12.9. The maximum absolute atomic E-state index is 12.9. The molecule has 7 heteroatoms. The molecule has 1 fully saturated rings. The number of thiophene rings is 1. The number of rotatable bonds is 4. The van der Waals surface area contributed by atoms with Crippen molar-refractivity contribution < 1.29 is 4.74 Å². The summed E-state index contributed by atoms with van der Waals surface area (Å²) in [6.07, 6.45) is 4.24. The van der Waals surface area contributed by atoms with Crippen molar-refractivity contribution in [2.24, 2.45) is 0 Å². The molecule has 0 spiro atoms. The van der Waals surface area contributed by atoms with Gasteiger partial charge in [-0.2, -0.15) is 0 Å². The summed E-state index contributed by atoms with van der Waals surface area (Å²) >= 11 is 7.14. The summed E-state index contributed by atoms with van der Waals surface area (Å²) in [5.74, 6) is 0. The number of aryl methyl sites for hydroxylation is 2. The van der Waals surface area contributed by atoms with Crippen LogP contribution in [-0.4, -0.2) is 47.3 Å². The van der Waals surface area contributed by atoms with Crippen LogP contribution in [0.1, 0.15) is 23.3 Å². The number of aromatic nitrogens is 2. The average Bonchev–Trinajstić information content (AvgIpc) is 3.12. The van der Waals surface area contributed by atoms with Gasteiger partial charge in [0.2, 0.25) is 0 Å². The van der Waals surface area contributed by atoms with Gasteiger partial charge in [-0.1, -0.05) is 0 Å². The molecular formula is C16H21N3O2S2. The normalized spacial score (nSPS) is 18.6. The summed E-state index contributed by atoms with van der Waals surface area (Å²) in [6.45, 7) is 5.27. The molecule has 124 valence electrons. The van der Waals surface area contributed by atoms with Crippen LogP contribution in [0, 0.1) is 4.77 Å². The number of ether oxygens (including phenoxy) is 1. The lowest BCUT2D eigenvalue weighted by Gasteiger charge is -2.26. The van der Waals surface area contributed by atoms with Crippen LogP contribution >= 0.6 is 23.6 Å². The summed E-state index contributed by atoms with van der Waals surface area (Å²) in [6, 6.07) is 0. The molecule has 2 aromatic heterocycles. The number of morpholine rings is 1. The van der Waals surface area contributed by atoms with E-state index < -0.39 is 0 Å². The zero-order valence-electron chi connectivity index (χ0n) is 13.1. The Bertz CT molecular complexity index is 830. The van der Waals surface area contributed by atoms with Gasteiger partial charge in [0.1, 0.15) is 4.83 Å². The minimum atomic E-state index is 0.102. The van der Waals surface area contributed by atoms with Crippen LogP contribution in [0.2, 0.25) is 0 Å². The van der Waals surface area contributed by atoms with E-state index in [-0.39, 0.29) is 5.56 Å². The molecule has 0 aromatic carbocycles. The van der Waals surface area contributed by atoms with Gasteiger partial charge < -0.3 is 9.72 Å². The molecule has 0 amide bonds. The van der Waals surface area contributed by atoms with Crippen molar-refractivity contribution in [1.82, 2.24) is 14.5 Å². The van der Waals surface area contributed by atoms with Gasteiger partial charge >= 0.3 is 0 Å². The van der Waals surface area contributed by atoms with Crippen molar-refractivity contribution in [3.05, 3.63) is 25.6 Å². The Morgan fingerprint density at radius 3 is 2.87 bits per heavy atom. The first-order valence-corrected chi connectivity index (χ1v) is 9.54. The standard InChI is InChI=1S/C16H21N3O2S2/c20-15-13-11-3-1-4-12(11)23-14(13)17-16(22)19(15)6-2-5-18-7-9-21-10-8-18/h1-10H2,(H,17,22). The van der Waals surface area contributed by atoms with E-state index in [9.17, 15) is 4.79 Å². The second kappa shape index (κ2) is 6.47. The predicted molar refractivity (Wildman–Crippen MR) is 95.2 cm³/mol. The lowest BCUT2D eigenvalue weighted by atomic mass is 10.2. The zero-order valence-corrected chi connectivity index (χ0v) is 14.7. The third-order valence-electron chi connectivity index (χ3n) is 4.81. The minimum absolute atomic E-state index is 0.102. The first-order chi connectivity index (χ1) is 11.2. The van der Waals surface area contributed by atoms with Gasteiger partial charge in [-0.3, -0.25) is 14.3 Å². The number of aromatic amines is 1. The molecule has 2 aliphatic rings. The van der Waals surface area contributed by atoms with E-state index in [1.54, 1.807) is 15.9 Å². The van der Waals surface area contributed by atoms with Crippen LogP contribution in [0.15, 0.2) is 4.79 Å². The number of fused-ring (bicyclic) bond motifs is 3. The average molecular weight is 351 g/mol. The fourth-order valence-electron chi connectivity index (χ4n) is 3.59. The van der Waals surface area contributed by atoms with Gasteiger partial charge in [0.05, 0.1) is 18.6 Å². The van der Waals surface area contributed by atoms with Crippen LogP contribution in [0.3, 0.4) is 0 Å². The van der Waals surface area contributed by atoms with Crippen molar-refractivity contribution in [3.8, 4) is 0 Å². The molecule has 1 aliphatic heterocycles. The molecule has 0 unspecified atom stereocenters. The molecule has 5 nitrogen and oxygen atoms in total. The maximum Gasteiger partial charge on any atom is 0.263 e. The highest BCUT2D eigenvalue weighted by Crippen LogP contribution is 2.34. The zero-order chi connectivity index (χ0) is 15.8. The van der Waals surface area contributed by atoms with Gasteiger partial charge in [-0.15, -0.1) is 11.3 Å². The third kappa shape index (κ3) is 2.91. The van der Waals surface area contributed by atoms with Crippen molar-refractivity contribution in [2.75, 3.05) is 32.8 Å². The Balaban J connectivity index is 1.57. The Morgan fingerprint density at radius 2 is 2.04 bits per heavy atom. The summed E-state index contributed by atoms with van der Waals surface area (Å²) in [5, 5.41) is 0.891. The number of hydrogen-bond donors (Lipinski definition) is 1. The largest absolute Gasteiger partial charge is 0.379 e. The Morgan fingerprint density at radius 1 is 1.22 bits per heavy atom. The van der Waals surface area contributed by atoms with E-state index in [0.717, 1.165) is 62.3 Å². The molecule has 0 atom stereocenters. The predicted octanol–water partition coefficient (Wildman–Crippen LogP) is 2.33. The Labute approximate surface area is 143 Å². The first-order valence-electron chi connectivity index (χ1n) is 8.31. The van der Waals surface area contributed by atoms with Gasteiger partial charge in [-0.05, 0) is 43.5 Å². The van der Waals surface area contributed by atoms with E-state index in [2.05, 4.69) is 9.88 Å². The van der Waals surface area contributed by atoms with Gasteiger partial charge in [0.25, 0.3) is 5.56 Å². The minimum Gasteiger partial charge on any atom is -0.379 e. The Hall–Kier alpha value is -1.02. The van der Waals surface area contributed by atoms with Gasteiger partial charge in [0, 0.05) is 31.1 Å².